The van der Waals surface area contributed by atoms with Gasteiger partial charge in [-0.15, -0.1) is 0 Å². The van der Waals surface area contributed by atoms with Crippen LogP contribution in [0.3, 0.4) is 0 Å². The van der Waals surface area contributed by atoms with Crippen molar-refractivity contribution in [2.24, 2.45) is 0 Å². The maximum absolute atomic E-state index is 13.2. The second-order valence-electron chi connectivity index (χ2n) is 5.34. The van der Waals surface area contributed by atoms with E-state index in [4.69, 9.17) is 0 Å². The molecule has 0 aliphatic carbocycles. The van der Waals surface area contributed by atoms with E-state index in [1.807, 2.05) is 19.0 Å². The summed E-state index contributed by atoms with van der Waals surface area (Å²) in [5.41, 5.74) is 0. The molecule has 2 atom stereocenters. The van der Waals surface area contributed by atoms with E-state index in [1.165, 1.54) is 22.5 Å². The van der Waals surface area contributed by atoms with Crippen LogP contribution < -0.4 is 0 Å². The standard InChI is InChI=1S/C13H19FN2O3S/c1-15(2)8-11-7-12(17)9-16(11)20(18,19)13-5-3-4-10(14)6-13/h3-6,11-12,17H,7-9H2,1-2H3. The van der Waals surface area contributed by atoms with Crippen molar-refractivity contribution in [3.8, 4) is 0 Å². The molecule has 1 aliphatic heterocycles. The van der Waals surface area contributed by atoms with Gasteiger partial charge in [0.25, 0.3) is 0 Å². The second kappa shape index (κ2) is 5.77. The highest BCUT2D eigenvalue weighted by Crippen LogP contribution is 2.27. The minimum Gasteiger partial charge on any atom is -0.392 e. The van der Waals surface area contributed by atoms with Gasteiger partial charge in [0, 0.05) is 19.1 Å². The number of nitrogens with zero attached hydrogens (tertiary/aromatic N) is 2. The molecule has 1 fully saturated rings. The Balaban J connectivity index is 2.32. The lowest BCUT2D eigenvalue weighted by Gasteiger charge is -2.26. The molecule has 2 unspecified atom stereocenters. The van der Waals surface area contributed by atoms with E-state index in [0.29, 0.717) is 13.0 Å². The number of hydrogen-bond acceptors (Lipinski definition) is 4. The Bertz CT molecular complexity index is 577. The van der Waals surface area contributed by atoms with E-state index in [1.54, 1.807) is 0 Å². The number of β-amino-alcohol motifs (C(OH)–C–C–N with tert-alkyl or cyclic N) is 1. The average molecular weight is 302 g/mol. The highest BCUT2D eigenvalue weighted by Gasteiger charge is 2.39. The van der Waals surface area contributed by atoms with Crippen LogP contribution in [0.2, 0.25) is 0 Å². The Kier molecular flexibility index (Phi) is 4.43. The largest absolute Gasteiger partial charge is 0.392 e. The monoisotopic (exact) mass is 302 g/mol. The zero-order valence-electron chi connectivity index (χ0n) is 11.5. The smallest absolute Gasteiger partial charge is 0.243 e. The van der Waals surface area contributed by atoms with Gasteiger partial charge in [0.15, 0.2) is 0 Å². The Morgan fingerprint density at radius 3 is 2.75 bits per heavy atom. The summed E-state index contributed by atoms with van der Waals surface area (Å²) < 4.78 is 39.6. The third kappa shape index (κ3) is 3.17. The number of sulfonamides is 1. The number of aliphatic hydroxyl groups is 1. The van der Waals surface area contributed by atoms with E-state index in [-0.39, 0.29) is 17.5 Å². The van der Waals surface area contributed by atoms with Gasteiger partial charge in [0.2, 0.25) is 10.0 Å². The Labute approximate surface area is 118 Å². The van der Waals surface area contributed by atoms with Gasteiger partial charge >= 0.3 is 0 Å². The van der Waals surface area contributed by atoms with E-state index in [9.17, 15) is 17.9 Å². The first-order chi connectivity index (χ1) is 9.30. The summed E-state index contributed by atoms with van der Waals surface area (Å²) in [6.45, 7) is 0.572. The van der Waals surface area contributed by atoms with Gasteiger partial charge < -0.3 is 10.0 Å². The molecular weight excluding hydrogens is 283 g/mol. The first-order valence-corrected chi connectivity index (χ1v) is 7.85. The lowest BCUT2D eigenvalue weighted by atomic mass is 10.2. The number of rotatable bonds is 4. The minimum atomic E-state index is -3.78. The van der Waals surface area contributed by atoms with E-state index >= 15 is 0 Å². The predicted molar refractivity (Wildman–Crippen MR) is 73.3 cm³/mol. The molecular formula is C13H19FN2O3S. The molecule has 1 aliphatic rings. The lowest BCUT2D eigenvalue weighted by molar-refractivity contribution is 0.188. The quantitative estimate of drug-likeness (QED) is 0.880. The van der Waals surface area contributed by atoms with Crippen molar-refractivity contribution in [1.29, 1.82) is 0 Å². The van der Waals surface area contributed by atoms with Crippen LogP contribution in [0.5, 0.6) is 0 Å². The van der Waals surface area contributed by atoms with Crippen molar-refractivity contribution in [1.82, 2.24) is 9.21 Å². The summed E-state index contributed by atoms with van der Waals surface area (Å²) >= 11 is 0. The predicted octanol–water partition coefficient (Wildman–Crippen LogP) is 0.511. The van der Waals surface area contributed by atoms with E-state index < -0.39 is 21.9 Å². The van der Waals surface area contributed by atoms with E-state index in [2.05, 4.69) is 0 Å². The van der Waals surface area contributed by atoms with E-state index in [0.717, 1.165) is 6.07 Å². The molecule has 0 saturated carbocycles. The summed E-state index contributed by atoms with van der Waals surface area (Å²) in [4.78, 5) is 1.80. The fourth-order valence-corrected chi connectivity index (χ4v) is 4.20. The number of hydrogen-bond donors (Lipinski definition) is 1. The van der Waals surface area contributed by atoms with Gasteiger partial charge in [-0.25, -0.2) is 12.8 Å². The molecule has 5 nitrogen and oxygen atoms in total. The van der Waals surface area contributed by atoms with Crippen molar-refractivity contribution in [3.63, 3.8) is 0 Å². The van der Waals surface area contributed by atoms with Crippen LogP contribution in [0, 0.1) is 5.82 Å². The molecule has 0 aromatic heterocycles. The summed E-state index contributed by atoms with van der Waals surface area (Å²) in [5.74, 6) is -0.588. The minimum absolute atomic E-state index is 0.0529. The van der Waals surface area contributed by atoms with Gasteiger partial charge in [0.1, 0.15) is 5.82 Å². The summed E-state index contributed by atoms with van der Waals surface area (Å²) in [6.07, 6.45) is -0.282. The Hall–Kier alpha value is -1.02. The number of halogens is 1. The fraction of sp³-hybridized carbons (Fsp3) is 0.538. The van der Waals surface area contributed by atoms with Gasteiger partial charge in [-0.3, -0.25) is 0 Å². The molecule has 1 heterocycles. The van der Waals surface area contributed by atoms with Crippen LogP contribution in [0.25, 0.3) is 0 Å². The van der Waals surface area contributed by atoms with Crippen molar-refractivity contribution < 1.29 is 17.9 Å². The maximum atomic E-state index is 13.2. The average Bonchev–Trinajstić information content (AvgIpc) is 2.70. The maximum Gasteiger partial charge on any atom is 0.243 e. The summed E-state index contributed by atoms with van der Waals surface area (Å²) in [5, 5.41) is 9.75. The highest BCUT2D eigenvalue weighted by atomic mass is 32.2. The SMILES string of the molecule is CN(C)CC1CC(O)CN1S(=O)(=O)c1cccc(F)c1. The Morgan fingerprint density at radius 1 is 1.45 bits per heavy atom. The molecule has 7 heteroatoms. The molecule has 0 bridgehead atoms. The second-order valence-corrected chi connectivity index (χ2v) is 7.23. The third-order valence-corrected chi connectivity index (χ3v) is 5.24. The van der Waals surface area contributed by atoms with Crippen molar-refractivity contribution in [2.45, 2.75) is 23.5 Å². The third-order valence-electron chi connectivity index (χ3n) is 3.32. The highest BCUT2D eigenvalue weighted by molar-refractivity contribution is 7.89. The van der Waals surface area contributed by atoms with Crippen molar-refractivity contribution >= 4 is 10.0 Å². The number of likely N-dealkylation sites (N-methyl/N-ethyl adjacent to an activating group) is 1. The number of benzene rings is 1. The molecule has 1 saturated heterocycles. The zero-order chi connectivity index (χ0) is 14.9. The van der Waals surface area contributed by atoms with Gasteiger partial charge in [-0.1, -0.05) is 6.07 Å². The summed E-state index contributed by atoms with van der Waals surface area (Å²) in [6, 6.07) is 4.65. The molecule has 0 spiro atoms. The van der Waals surface area contributed by atoms with Crippen LogP contribution in [0.1, 0.15) is 6.42 Å². The topological polar surface area (TPSA) is 60.9 Å². The molecule has 2 rings (SSSR count). The molecule has 0 amide bonds. The molecule has 20 heavy (non-hydrogen) atoms. The normalized spacial score (nSPS) is 24.4. The van der Waals surface area contributed by atoms with Crippen LogP contribution in [-0.2, 0) is 10.0 Å². The van der Waals surface area contributed by atoms with Crippen molar-refractivity contribution in [2.75, 3.05) is 27.2 Å². The van der Waals surface area contributed by atoms with Crippen LogP contribution >= 0.6 is 0 Å². The first-order valence-electron chi connectivity index (χ1n) is 6.41. The fourth-order valence-electron chi connectivity index (χ4n) is 2.51. The molecule has 1 aromatic carbocycles. The molecule has 1 N–H and O–H groups in total. The number of aliphatic hydroxyl groups excluding tert-OH is 1. The lowest BCUT2D eigenvalue weighted by Crippen LogP contribution is -2.41. The molecule has 112 valence electrons. The molecule has 0 radical (unpaired) electrons. The summed E-state index contributed by atoms with van der Waals surface area (Å²) in [7, 11) is -0.0924. The first kappa shape index (κ1) is 15.4. The van der Waals surface area contributed by atoms with Crippen LogP contribution in [0.15, 0.2) is 29.2 Å². The van der Waals surface area contributed by atoms with Gasteiger partial charge in [-0.05, 0) is 38.7 Å². The van der Waals surface area contributed by atoms with Crippen molar-refractivity contribution in [3.05, 3.63) is 30.1 Å². The Morgan fingerprint density at radius 2 is 2.15 bits per heavy atom. The van der Waals surface area contributed by atoms with Crippen LogP contribution in [-0.4, -0.2) is 62.1 Å². The zero-order valence-corrected chi connectivity index (χ0v) is 12.3. The van der Waals surface area contributed by atoms with Gasteiger partial charge in [-0.2, -0.15) is 4.31 Å². The van der Waals surface area contributed by atoms with Crippen LogP contribution in [0.4, 0.5) is 4.39 Å². The molecule has 1 aromatic rings. The van der Waals surface area contributed by atoms with Gasteiger partial charge in [0.05, 0.1) is 11.0 Å².